The van der Waals surface area contributed by atoms with E-state index in [9.17, 15) is 22.4 Å². The maximum absolute atomic E-state index is 13.8. The molecule has 0 saturated carbocycles. The van der Waals surface area contributed by atoms with Crippen LogP contribution in [0, 0.1) is 5.82 Å². The van der Waals surface area contributed by atoms with E-state index in [4.69, 9.17) is 4.42 Å². The number of amides is 2. The first-order valence-corrected chi connectivity index (χ1v) is 14.9. The van der Waals surface area contributed by atoms with Crippen LogP contribution in [0.4, 0.5) is 4.39 Å². The highest BCUT2D eigenvalue weighted by Crippen LogP contribution is 2.28. The van der Waals surface area contributed by atoms with E-state index in [-0.39, 0.29) is 35.3 Å². The van der Waals surface area contributed by atoms with Crippen LogP contribution in [0.25, 0.3) is 33.6 Å². The van der Waals surface area contributed by atoms with Crippen molar-refractivity contribution in [3.05, 3.63) is 127 Å². The summed E-state index contributed by atoms with van der Waals surface area (Å²) in [7, 11) is -3.99. The van der Waals surface area contributed by atoms with Gasteiger partial charge in [-0.3, -0.25) is 14.6 Å². The van der Waals surface area contributed by atoms with E-state index in [0.717, 1.165) is 11.1 Å². The number of hydrogen-bond acceptors (Lipinski definition) is 7. The summed E-state index contributed by atoms with van der Waals surface area (Å²) in [5.41, 5.74) is 3.56. The monoisotopic (exact) mass is 609 g/mol. The molecule has 0 bridgehead atoms. The van der Waals surface area contributed by atoms with Crippen LogP contribution in [0.1, 0.15) is 16.1 Å². The lowest BCUT2D eigenvalue weighted by molar-refractivity contribution is -0.121. The average Bonchev–Trinajstić information content (AvgIpc) is 3.69. The van der Waals surface area contributed by atoms with Gasteiger partial charge in [0.15, 0.2) is 0 Å². The summed E-state index contributed by atoms with van der Waals surface area (Å²) in [6, 6.07) is 23.8. The minimum Gasteiger partial charge on any atom is -0.443 e. The second kappa shape index (κ2) is 11.9. The summed E-state index contributed by atoms with van der Waals surface area (Å²) >= 11 is 0. The van der Waals surface area contributed by atoms with E-state index in [2.05, 4.69) is 20.0 Å². The van der Waals surface area contributed by atoms with Crippen LogP contribution in [-0.2, 0) is 27.9 Å². The molecule has 0 atom stereocenters. The van der Waals surface area contributed by atoms with Crippen molar-refractivity contribution >= 4 is 32.7 Å². The Bertz CT molecular complexity index is 2060. The maximum atomic E-state index is 13.8. The number of pyridine rings is 1. The Morgan fingerprint density at radius 1 is 0.886 bits per heavy atom. The fourth-order valence-corrected chi connectivity index (χ4v) is 5.68. The van der Waals surface area contributed by atoms with Crippen LogP contribution in [0.2, 0.25) is 0 Å². The van der Waals surface area contributed by atoms with E-state index >= 15 is 0 Å². The van der Waals surface area contributed by atoms with Crippen molar-refractivity contribution in [1.82, 2.24) is 24.6 Å². The zero-order valence-electron chi connectivity index (χ0n) is 23.0. The van der Waals surface area contributed by atoms with Gasteiger partial charge in [0.2, 0.25) is 11.8 Å². The quantitative estimate of drug-likeness (QED) is 0.237. The molecular weight excluding hydrogens is 585 g/mol. The lowest BCUT2D eigenvalue weighted by Crippen LogP contribution is -2.30. The molecule has 0 radical (unpaired) electrons. The first-order chi connectivity index (χ1) is 21.3. The number of halogens is 1. The molecule has 0 saturated heterocycles. The Balaban J connectivity index is 1.08. The molecule has 10 nitrogen and oxygen atoms in total. The van der Waals surface area contributed by atoms with Crippen molar-refractivity contribution in [2.75, 3.05) is 0 Å². The summed E-state index contributed by atoms with van der Waals surface area (Å²) in [6.45, 7) is 0.133. The zero-order chi connectivity index (χ0) is 30.7. The van der Waals surface area contributed by atoms with Gasteiger partial charge in [0, 0.05) is 28.2 Å². The minimum absolute atomic E-state index is 0.00171. The number of hydrogen-bond donors (Lipinski definition) is 2. The van der Waals surface area contributed by atoms with Crippen LogP contribution in [0.5, 0.6) is 0 Å². The highest BCUT2D eigenvalue weighted by Gasteiger charge is 2.19. The molecule has 3 heterocycles. The number of rotatable bonds is 9. The van der Waals surface area contributed by atoms with Gasteiger partial charge in [0.1, 0.15) is 24.3 Å². The summed E-state index contributed by atoms with van der Waals surface area (Å²) in [5.74, 6) is -1.09. The number of carbonyl (C=O) groups excluding carboxylic acids is 2. The molecule has 6 rings (SSSR count). The first-order valence-electron chi connectivity index (χ1n) is 13.4. The summed E-state index contributed by atoms with van der Waals surface area (Å²) < 4.78 is 47.9. The third-order valence-electron chi connectivity index (χ3n) is 6.87. The maximum Gasteiger partial charge on any atom is 0.264 e. The van der Waals surface area contributed by atoms with Gasteiger partial charge >= 0.3 is 0 Å². The van der Waals surface area contributed by atoms with Crippen LogP contribution in [0.3, 0.4) is 0 Å². The second-order valence-corrected chi connectivity index (χ2v) is 11.5. The van der Waals surface area contributed by atoms with Crippen LogP contribution < -0.4 is 10.0 Å². The van der Waals surface area contributed by atoms with Crippen LogP contribution in [-0.4, -0.2) is 34.8 Å². The predicted octanol–water partition coefficient (Wildman–Crippen LogP) is 4.93. The summed E-state index contributed by atoms with van der Waals surface area (Å²) in [4.78, 5) is 34.1. The molecule has 0 aliphatic heterocycles. The number of sulfonamides is 1. The molecule has 12 heteroatoms. The fourth-order valence-electron chi connectivity index (χ4n) is 4.68. The SMILES string of the molecule is O=C(Cn1c(-c2ncco2)cc2cc(F)ccc21)NCc1ccc(-c2ccc(C(=O)NS(=O)(=O)c3ccccc3)cc2)cn1. The zero-order valence-corrected chi connectivity index (χ0v) is 23.8. The fraction of sp³-hybridized carbons (Fsp3) is 0.0625. The topological polar surface area (TPSA) is 136 Å². The lowest BCUT2D eigenvalue weighted by Gasteiger charge is -2.10. The van der Waals surface area contributed by atoms with Gasteiger partial charge < -0.3 is 14.3 Å². The molecule has 2 amide bonds. The van der Waals surface area contributed by atoms with E-state index in [1.54, 1.807) is 59.3 Å². The molecule has 0 spiro atoms. The molecule has 3 aromatic carbocycles. The van der Waals surface area contributed by atoms with Gasteiger partial charge in [-0.1, -0.05) is 36.4 Å². The van der Waals surface area contributed by atoms with Crippen LogP contribution >= 0.6 is 0 Å². The van der Waals surface area contributed by atoms with E-state index in [1.807, 2.05) is 6.07 Å². The number of oxazole rings is 1. The molecule has 3 aromatic heterocycles. The number of benzene rings is 3. The first kappa shape index (κ1) is 28.5. The molecule has 0 aliphatic rings. The summed E-state index contributed by atoms with van der Waals surface area (Å²) in [6.07, 6.45) is 4.57. The van der Waals surface area contributed by atoms with Gasteiger partial charge in [0.05, 0.1) is 23.3 Å². The highest BCUT2D eigenvalue weighted by molar-refractivity contribution is 7.90. The molecule has 2 N–H and O–H groups in total. The smallest absolute Gasteiger partial charge is 0.264 e. The third-order valence-corrected chi connectivity index (χ3v) is 8.22. The Morgan fingerprint density at radius 2 is 1.66 bits per heavy atom. The van der Waals surface area contributed by atoms with Crippen molar-refractivity contribution in [2.24, 2.45) is 0 Å². The molecule has 44 heavy (non-hydrogen) atoms. The Kier molecular flexibility index (Phi) is 7.73. The molecule has 0 aliphatic carbocycles. The van der Waals surface area contributed by atoms with E-state index < -0.39 is 15.9 Å². The number of nitrogens with zero attached hydrogens (tertiary/aromatic N) is 3. The number of fused-ring (bicyclic) bond motifs is 1. The number of carbonyl (C=O) groups is 2. The highest BCUT2D eigenvalue weighted by atomic mass is 32.2. The number of nitrogens with one attached hydrogen (secondary N) is 2. The third kappa shape index (κ3) is 6.10. The van der Waals surface area contributed by atoms with Gasteiger partial charge in [-0.15, -0.1) is 0 Å². The van der Waals surface area contributed by atoms with E-state index in [1.165, 1.54) is 48.9 Å². The van der Waals surface area contributed by atoms with Gasteiger partial charge in [-0.25, -0.2) is 22.5 Å². The normalized spacial score (nSPS) is 11.4. The average molecular weight is 610 g/mol. The molecule has 6 aromatic rings. The van der Waals surface area contributed by atoms with Gasteiger partial charge in [-0.2, -0.15) is 0 Å². The van der Waals surface area contributed by atoms with Crippen molar-refractivity contribution < 1.29 is 26.8 Å². The largest absolute Gasteiger partial charge is 0.443 e. The van der Waals surface area contributed by atoms with Crippen molar-refractivity contribution in [1.29, 1.82) is 0 Å². The second-order valence-electron chi connectivity index (χ2n) is 9.80. The van der Waals surface area contributed by atoms with Crippen molar-refractivity contribution in [2.45, 2.75) is 18.0 Å². The minimum atomic E-state index is -3.99. The Morgan fingerprint density at radius 3 is 2.36 bits per heavy atom. The number of aromatic nitrogens is 3. The molecular formula is C32H24FN5O5S. The molecule has 220 valence electrons. The van der Waals surface area contributed by atoms with Gasteiger partial charge in [-0.05, 0) is 60.2 Å². The molecule has 0 fully saturated rings. The lowest BCUT2D eigenvalue weighted by atomic mass is 10.1. The predicted molar refractivity (Wildman–Crippen MR) is 160 cm³/mol. The van der Waals surface area contributed by atoms with E-state index in [0.29, 0.717) is 28.2 Å². The van der Waals surface area contributed by atoms with Crippen molar-refractivity contribution in [3.63, 3.8) is 0 Å². The summed E-state index contributed by atoms with van der Waals surface area (Å²) in [5, 5.41) is 3.47. The Hall–Kier alpha value is -5.62. The van der Waals surface area contributed by atoms with Crippen LogP contribution in [0.15, 0.2) is 119 Å². The Labute approximate surface area is 251 Å². The van der Waals surface area contributed by atoms with Gasteiger partial charge in [0.25, 0.3) is 15.9 Å². The van der Waals surface area contributed by atoms with Crippen molar-refractivity contribution in [3.8, 4) is 22.7 Å². The standard InChI is InChI=1S/C32H24FN5O5S/c33-25-11-13-28-24(16-25)17-29(32-34-14-15-43-32)38(28)20-30(39)36-19-26-12-10-23(18-35-26)21-6-8-22(9-7-21)31(40)37-44(41,42)27-4-2-1-3-5-27/h1-18H,19-20H2,(H,36,39)(H,37,40). The molecule has 0 unspecified atom stereocenters.